The van der Waals surface area contributed by atoms with E-state index in [1.54, 1.807) is 24.3 Å². The summed E-state index contributed by atoms with van der Waals surface area (Å²) in [5, 5.41) is 12.5. The van der Waals surface area contributed by atoms with E-state index in [-0.39, 0.29) is 6.54 Å². The molecule has 2 aromatic rings. The van der Waals surface area contributed by atoms with E-state index >= 15 is 0 Å². The highest BCUT2D eigenvalue weighted by Crippen LogP contribution is 2.14. The van der Waals surface area contributed by atoms with Gasteiger partial charge in [0.2, 0.25) is 5.78 Å². The number of hydrogen-bond donors (Lipinski definition) is 2. The van der Waals surface area contributed by atoms with Crippen molar-refractivity contribution in [1.29, 1.82) is 0 Å². The smallest absolute Gasteiger partial charge is 0.292 e. The number of aliphatic hydroxyl groups excluding tert-OH is 1. The summed E-state index contributed by atoms with van der Waals surface area (Å²) in [6.07, 6.45) is -0.298. The molecule has 1 atom stereocenters. The second-order valence-corrected chi connectivity index (χ2v) is 5.17. The number of Topliss-reactive ketones (excluding diaryl/α,β-unsaturated/α-hetero) is 1. The van der Waals surface area contributed by atoms with Crippen molar-refractivity contribution in [1.82, 2.24) is 5.32 Å². The highest BCUT2D eigenvalue weighted by Gasteiger charge is 2.16. The fourth-order valence-electron chi connectivity index (χ4n) is 2.08. The SMILES string of the molecule is Cc1ccc(C(=O)C(=O)NCCC(O)c2ccccc2)cc1. The number of carbonyl (C=O) groups is 2. The molecule has 1 unspecified atom stereocenters. The molecule has 0 heterocycles. The summed E-state index contributed by atoms with van der Waals surface area (Å²) in [5.41, 5.74) is 2.19. The lowest BCUT2D eigenvalue weighted by Crippen LogP contribution is -2.32. The molecule has 0 aliphatic carbocycles. The number of nitrogens with one attached hydrogen (secondary N) is 1. The number of ketones is 1. The summed E-state index contributed by atoms with van der Waals surface area (Å²) in [7, 11) is 0. The van der Waals surface area contributed by atoms with Gasteiger partial charge in [0.05, 0.1) is 6.10 Å². The van der Waals surface area contributed by atoms with Crippen molar-refractivity contribution in [2.24, 2.45) is 0 Å². The number of carbonyl (C=O) groups excluding carboxylic acids is 2. The number of aryl methyl sites for hydroxylation is 1. The van der Waals surface area contributed by atoms with Crippen molar-refractivity contribution >= 4 is 11.7 Å². The van der Waals surface area contributed by atoms with Gasteiger partial charge in [0.15, 0.2) is 0 Å². The summed E-state index contributed by atoms with van der Waals surface area (Å²) in [6, 6.07) is 16.1. The van der Waals surface area contributed by atoms with Crippen LogP contribution >= 0.6 is 0 Å². The molecule has 0 aromatic heterocycles. The van der Waals surface area contributed by atoms with Crippen molar-refractivity contribution in [2.75, 3.05) is 6.54 Å². The fourth-order valence-corrected chi connectivity index (χ4v) is 2.08. The summed E-state index contributed by atoms with van der Waals surface area (Å²) in [6.45, 7) is 2.16. The van der Waals surface area contributed by atoms with E-state index in [1.807, 2.05) is 37.3 Å². The molecule has 2 rings (SSSR count). The zero-order valence-corrected chi connectivity index (χ0v) is 12.5. The molecule has 0 spiro atoms. The van der Waals surface area contributed by atoms with Gasteiger partial charge >= 0.3 is 0 Å². The molecule has 0 fully saturated rings. The van der Waals surface area contributed by atoms with Gasteiger partial charge in [-0.1, -0.05) is 60.2 Å². The molecule has 0 aliphatic rings. The predicted molar refractivity (Wildman–Crippen MR) is 84.5 cm³/mol. The Kier molecular flexibility index (Phi) is 5.44. The summed E-state index contributed by atoms with van der Waals surface area (Å²) < 4.78 is 0. The number of aliphatic hydroxyl groups is 1. The molecule has 0 radical (unpaired) electrons. The van der Waals surface area contributed by atoms with Gasteiger partial charge in [-0.15, -0.1) is 0 Å². The van der Waals surface area contributed by atoms with E-state index in [9.17, 15) is 14.7 Å². The van der Waals surface area contributed by atoms with E-state index in [0.717, 1.165) is 11.1 Å². The summed E-state index contributed by atoms with van der Waals surface area (Å²) >= 11 is 0. The second kappa shape index (κ2) is 7.52. The lowest BCUT2D eigenvalue weighted by atomic mass is 10.1. The van der Waals surface area contributed by atoms with Crippen LogP contribution in [0.3, 0.4) is 0 Å². The third-order valence-corrected chi connectivity index (χ3v) is 3.41. The van der Waals surface area contributed by atoms with Crippen molar-refractivity contribution in [3.05, 3.63) is 71.3 Å². The summed E-state index contributed by atoms with van der Waals surface area (Å²) in [4.78, 5) is 23.7. The fraction of sp³-hybridized carbons (Fsp3) is 0.222. The normalized spacial score (nSPS) is 11.7. The molecule has 2 N–H and O–H groups in total. The maximum Gasteiger partial charge on any atom is 0.292 e. The molecule has 0 saturated carbocycles. The minimum atomic E-state index is -0.657. The molecule has 4 nitrogen and oxygen atoms in total. The Bertz CT molecular complexity index is 635. The van der Waals surface area contributed by atoms with Crippen LogP contribution in [0.4, 0.5) is 0 Å². The molecule has 114 valence electrons. The third kappa shape index (κ3) is 4.27. The Morgan fingerprint density at radius 3 is 2.32 bits per heavy atom. The van der Waals surface area contributed by atoms with Gasteiger partial charge in [0.25, 0.3) is 5.91 Å². The van der Waals surface area contributed by atoms with Crippen LogP contribution in [0.15, 0.2) is 54.6 Å². The molecular formula is C18H19NO3. The largest absolute Gasteiger partial charge is 0.388 e. The first-order chi connectivity index (χ1) is 10.6. The molecule has 0 bridgehead atoms. The number of amides is 1. The van der Waals surface area contributed by atoms with E-state index in [1.165, 1.54) is 0 Å². The Balaban J connectivity index is 1.82. The molecule has 22 heavy (non-hydrogen) atoms. The highest BCUT2D eigenvalue weighted by atomic mass is 16.3. The number of rotatable bonds is 6. The molecule has 2 aromatic carbocycles. The van der Waals surface area contributed by atoms with Crippen LogP contribution in [0.2, 0.25) is 0 Å². The van der Waals surface area contributed by atoms with Crippen LogP contribution < -0.4 is 5.32 Å². The van der Waals surface area contributed by atoms with Gasteiger partial charge in [-0.05, 0) is 18.9 Å². The van der Waals surface area contributed by atoms with Crippen LogP contribution in [0.5, 0.6) is 0 Å². The van der Waals surface area contributed by atoms with Gasteiger partial charge in [-0.3, -0.25) is 9.59 Å². The lowest BCUT2D eigenvalue weighted by molar-refractivity contribution is -0.117. The average molecular weight is 297 g/mol. The zero-order valence-electron chi connectivity index (χ0n) is 12.5. The topological polar surface area (TPSA) is 66.4 Å². The quantitative estimate of drug-likeness (QED) is 0.635. The van der Waals surface area contributed by atoms with Crippen LogP contribution in [0.25, 0.3) is 0 Å². The molecule has 4 heteroatoms. The van der Waals surface area contributed by atoms with Crippen LogP contribution in [0.1, 0.15) is 34.0 Å². The Morgan fingerprint density at radius 1 is 1.05 bits per heavy atom. The number of hydrogen-bond acceptors (Lipinski definition) is 3. The van der Waals surface area contributed by atoms with Gasteiger partial charge in [-0.25, -0.2) is 0 Å². The second-order valence-electron chi connectivity index (χ2n) is 5.17. The van der Waals surface area contributed by atoms with Crippen molar-refractivity contribution < 1.29 is 14.7 Å². The van der Waals surface area contributed by atoms with E-state index in [0.29, 0.717) is 12.0 Å². The third-order valence-electron chi connectivity index (χ3n) is 3.41. The molecular weight excluding hydrogens is 278 g/mol. The Morgan fingerprint density at radius 2 is 1.68 bits per heavy atom. The summed E-state index contributed by atoms with van der Waals surface area (Å²) in [5.74, 6) is -1.21. The minimum Gasteiger partial charge on any atom is -0.388 e. The maximum atomic E-state index is 11.9. The zero-order chi connectivity index (χ0) is 15.9. The van der Waals surface area contributed by atoms with E-state index in [2.05, 4.69) is 5.32 Å². The Hall–Kier alpha value is -2.46. The highest BCUT2D eigenvalue weighted by molar-refractivity contribution is 6.42. The average Bonchev–Trinajstić information content (AvgIpc) is 2.55. The van der Waals surface area contributed by atoms with Crippen LogP contribution in [-0.2, 0) is 4.79 Å². The first kappa shape index (κ1) is 15.9. The predicted octanol–water partition coefficient (Wildman–Crippen LogP) is 2.42. The molecule has 0 saturated heterocycles. The first-order valence-corrected chi connectivity index (χ1v) is 7.20. The minimum absolute atomic E-state index is 0.243. The van der Waals surface area contributed by atoms with Gasteiger partial charge in [-0.2, -0.15) is 0 Å². The maximum absolute atomic E-state index is 11.9. The van der Waals surface area contributed by atoms with Gasteiger partial charge < -0.3 is 10.4 Å². The lowest BCUT2D eigenvalue weighted by Gasteiger charge is -2.11. The van der Waals surface area contributed by atoms with Crippen molar-refractivity contribution in [3.63, 3.8) is 0 Å². The Labute approximate surface area is 129 Å². The molecule has 1 amide bonds. The van der Waals surface area contributed by atoms with Crippen molar-refractivity contribution in [2.45, 2.75) is 19.4 Å². The van der Waals surface area contributed by atoms with Crippen molar-refractivity contribution in [3.8, 4) is 0 Å². The number of benzene rings is 2. The van der Waals surface area contributed by atoms with E-state index < -0.39 is 17.8 Å². The standard InChI is InChI=1S/C18H19NO3/c1-13-7-9-15(10-8-13)17(21)18(22)19-12-11-16(20)14-5-3-2-4-6-14/h2-10,16,20H,11-12H2,1H3,(H,19,22). The molecule has 0 aliphatic heterocycles. The van der Waals surface area contributed by atoms with Crippen LogP contribution in [-0.4, -0.2) is 23.3 Å². The first-order valence-electron chi connectivity index (χ1n) is 7.20. The van der Waals surface area contributed by atoms with E-state index in [4.69, 9.17) is 0 Å². The van der Waals surface area contributed by atoms with Crippen LogP contribution in [0, 0.1) is 6.92 Å². The monoisotopic (exact) mass is 297 g/mol. The van der Waals surface area contributed by atoms with Gasteiger partial charge in [0.1, 0.15) is 0 Å². The van der Waals surface area contributed by atoms with Gasteiger partial charge in [0, 0.05) is 12.1 Å².